The van der Waals surface area contributed by atoms with Crippen LogP contribution in [0, 0.1) is 11.8 Å². The largest absolute Gasteiger partial charge is 0.369 e. The van der Waals surface area contributed by atoms with Crippen molar-refractivity contribution in [2.45, 2.75) is 51.2 Å². The predicted octanol–water partition coefficient (Wildman–Crippen LogP) is 1.70. The normalized spacial score (nSPS) is 56.2. The van der Waals surface area contributed by atoms with Crippen LogP contribution in [-0.4, -0.2) is 37.0 Å². The van der Waals surface area contributed by atoms with Crippen molar-refractivity contribution in [1.29, 1.82) is 0 Å². The monoisotopic (exact) mass is 240 g/mol. The molecular weight excluding hydrogens is 220 g/mol. The highest BCUT2D eigenvalue weighted by atomic mass is 16.9. The van der Waals surface area contributed by atoms with E-state index < -0.39 is 5.97 Å². The summed E-state index contributed by atoms with van der Waals surface area (Å²) in [5.74, 6) is -0.186. The van der Waals surface area contributed by atoms with Gasteiger partial charge >= 0.3 is 0 Å². The lowest BCUT2D eigenvalue weighted by Crippen LogP contribution is -2.74. The molecule has 0 aromatic rings. The van der Waals surface area contributed by atoms with Gasteiger partial charge in [-0.15, -0.1) is 6.58 Å². The van der Waals surface area contributed by atoms with Gasteiger partial charge in [-0.2, -0.15) is 0 Å². The van der Waals surface area contributed by atoms with Crippen LogP contribution in [0.15, 0.2) is 12.7 Å². The third kappa shape index (κ3) is 1.58. The van der Waals surface area contributed by atoms with E-state index in [0.717, 1.165) is 0 Å². The van der Waals surface area contributed by atoms with Crippen molar-refractivity contribution >= 4 is 0 Å². The van der Waals surface area contributed by atoms with Crippen LogP contribution >= 0.6 is 0 Å². The van der Waals surface area contributed by atoms with Gasteiger partial charge in [0, 0.05) is 18.8 Å². The maximum absolute atomic E-state index is 5.88. The summed E-state index contributed by atoms with van der Waals surface area (Å²) in [6.07, 6.45) is 2.09. The molecule has 0 aromatic carbocycles. The van der Waals surface area contributed by atoms with Crippen LogP contribution in [0.4, 0.5) is 0 Å². The Hall–Kier alpha value is -0.420. The van der Waals surface area contributed by atoms with Gasteiger partial charge in [-0.25, -0.2) is 0 Å². The molecule has 4 fully saturated rings. The number of hydrogen-bond donors (Lipinski definition) is 0. The zero-order chi connectivity index (χ0) is 12.2. The van der Waals surface area contributed by atoms with E-state index in [4.69, 9.17) is 18.9 Å². The number of hydrogen-bond acceptors (Lipinski definition) is 4. The Morgan fingerprint density at radius 3 is 2.18 bits per heavy atom. The molecule has 4 atom stereocenters. The standard InChI is InChI=1S/C13H20O4/c1-5-6-14-12-10-7(2)9-8(3)11(12)17-13(4,15-9)16-10/h5,7-12H,1,6H2,2-4H3. The summed E-state index contributed by atoms with van der Waals surface area (Å²) in [5, 5.41) is 0. The summed E-state index contributed by atoms with van der Waals surface area (Å²) in [4.78, 5) is 0. The van der Waals surface area contributed by atoms with Crippen LogP contribution in [0.3, 0.4) is 0 Å². The molecule has 3 aliphatic heterocycles. The molecule has 4 heteroatoms. The molecule has 0 N–H and O–H groups in total. The third-order valence-corrected chi connectivity index (χ3v) is 4.18. The molecule has 3 saturated heterocycles. The van der Waals surface area contributed by atoms with Gasteiger partial charge in [-0.3, -0.25) is 0 Å². The van der Waals surface area contributed by atoms with Crippen molar-refractivity contribution in [3.63, 3.8) is 0 Å². The molecule has 4 rings (SSSR count). The molecule has 0 aromatic heterocycles. The second-order valence-corrected chi connectivity index (χ2v) is 5.41. The Balaban J connectivity index is 1.87. The van der Waals surface area contributed by atoms with E-state index in [0.29, 0.717) is 18.4 Å². The fourth-order valence-corrected chi connectivity index (χ4v) is 3.40. The maximum Gasteiger partial charge on any atom is 0.280 e. The highest BCUT2D eigenvalue weighted by Gasteiger charge is 2.63. The molecule has 96 valence electrons. The molecule has 4 unspecified atom stereocenters. The molecule has 0 radical (unpaired) electrons. The SMILES string of the molecule is C=CCOC1C2OC3(C)OC(C2C)C(C)C1O3. The summed E-state index contributed by atoms with van der Waals surface area (Å²) in [6.45, 7) is 10.4. The van der Waals surface area contributed by atoms with E-state index in [2.05, 4.69) is 20.4 Å². The molecule has 1 saturated carbocycles. The van der Waals surface area contributed by atoms with Gasteiger partial charge in [0.1, 0.15) is 6.10 Å². The van der Waals surface area contributed by atoms with Crippen molar-refractivity contribution in [1.82, 2.24) is 0 Å². The topological polar surface area (TPSA) is 36.9 Å². The lowest BCUT2D eigenvalue weighted by molar-refractivity contribution is -0.525. The Kier molecular flexibility index (Phi) is 2.60. The van der Waals surface area contributed by atoms with Crippen LogP contribution in [0.5, 0.6) is 0 Å². The first-order valence-corrected chi connectivity index (χ1v) is 6.32. The van der Waals surface area contributed by atoms with Gasteiger partial charge in [-0.1, -0.05) is 19.9 Å². The minimum absolute atomic E-state index is 0.00813. The van der Waals surface area contributed by atoms with Crippen molar-refractivity contribution < 1.29 is 18.9 Å². The Morgan fingerprint density at radius 1 is 1.12 bits per heavy atom. The van der Waals surface area contributed by atoms with Gasteiger partial charge in [0.05, 0.1) is 24.9 Å². The fourth-order valence-electron chi connectivity index (χ4n) is 3.40. The Labute approximate surface area is 102 Å². The third-order valence-electron chi connectivity index (χ3n) is 4.18. The summed E-state index contributed by atoms with van der Waals surface area (Å²) >= 11 is 0. The zero-order valence-electron chi connectivity index (χ0n) is 10.6. The maximum atomic E-state index is 5.88. The van der Waals surface area contributed by atoms with Gasteiger partial charge in [0.25, 0.3) is 5.97 Å². The van der Waals surface area contributed by atoms with Crippen molar-refractivity contribution in [2.75, 3.05) is 6.61 Å². The quantitative estimate of drug-likeness (QED) is 0.704. The molecule has 1 aliphatic carbocycles. The van der Waals surface area contributed by atoms with E-state index in [9.17, 15) is 0 Å². The van der Waals surface area contributed by atoms with E-state index in [1.165, 1.54) is 0 Å². The van der Waals surface area contributed by atoms with Crippen LogP contribution in [0.1, 0.15) is 20.8 Å². The van der Waals surface area contributed by atoms with Gasteiger partial charge in [0.2, 0.25) is 0 Å². The first-order chi connectivity index (χ1) is 8.06. The molecule has 4 aliphatic rings. The van der Waals surface area contributed by atoms with E-state index in [1.807, 2.05) is 6.92 Å². The highest BCUT2D eigenvalue weighted by Crippen LogP contribution is 2.50. The second-order valence-electron chi connectivity index (χ2n) is 5.41. The number of rotatable bonds is 3. The Morgan fingerprint density at radius 2 is 1.65 bits per heavy atom. The van der Waals surface area contributed by atoms with Gasteiger partial charge < -0.3 is 18.9 Å². The lowest BCUT2D eigenvalue weighted by Gasteiger charge is -2.62. The van der Waals surface area contributed by atoms with Gasteiger partial charge in [-0.05, 0) is 0 Å². The first-order valence-electron chi connectivity index (χ1n) is 6.32. The average Bonchev–Trinajstić information content (AvgIpc) is 2.29. The van der Waals surface area contributed by atoms with Crippen LogP contribution in [-0.2, 0) is 18.9 Å². The molecule has 4 nitrogen and oxygen atoms in total. The summed E-state index contributed by atoms with van der Waals surface area (Å²) in [5.41, 5.74) is 0. The molecule has 0 spiro atoms. The summed E-state index contributed by atoms with van der Waals surface area (Å²) in [6, 6.07) is 0. The second kappa shape index (κ2) is 3.79. The lowest BCUT2D eigenvalue weighted by atomic mass is 9.72. The van der Waals surface area contributed by atoms with Gasteiger partial charge in [0.15, 0.2) is 0 Å². The van der Waals surface area contributed by atoms with E-state index in [1.54, 1.807) is 6.08 Å². The van der Waals surface area contributed by atoms with Crippen LogP contribution in [0.2, 0.25) is 0 Å². The van der Waals surface area contributed by atoms with E-state index in [-0.39, 0.29) is 24.4 Å². The fraction of sp³-hybridized carbons (Fsp3) is 0.846. The van der Waals surface area contributed by atoms with Crippen molar-refractivity contribution in [3.05, 3.63) is 12.7 Å². The zero-order valence-corrected chi connectivity index (χ0v) is 10.6. The van der Waals surface area contributed by atoms with Crippen LogP contribution in [0.25, 0.3) is 0 Å². The first kappa shape index (κ1) is 11.7. The van der Waals surface area contributed by atoms with Crippen molar-refractivity contribution in [3.8, 4) is 0 Å². The molecular formula is C13H20O4. The summed E-state index contributed by atoms with van der Waals surface area (Å²) < 4.78 is 23.5. The minimum Gasteiger partial charge on any atom is -0.369 e. The smallest absolute Gasteiger partial charge is 0.280 e. The summed E-state index contributed by atoms with van der Waals surface area (Å²) in [7, 11) is 0. The predicted molar refractivity (Wildman–Crippen MR) is 61.3 cm³/mol. The molecule has 3 heterocycles. The molecule has 4 bridgehead atoms. The number of ether oxygens (including phenoxy) is 4. The minimum atomic E-state index is -0.868. The van der Waals surface area contributed by atoms with Crippen LogP contribution < -0.4 is 0 Å². The van der Waals surface area contributed by atoms with Crippen molar-refractivity contribution in [2.24, 2.45) is 11.8 Å². The molecule has 17 heavy (non-hydrogen) atoms. The highest BCUT2D eigenvalue weighted by molar-refractivity contribution is 5.04. The Bertz CT molecular complexity index is 309. The molecule has 0 amide bonds. The average molecular weight is 240 g/mol. The van der Waals surface area contributed by atoms with E-state index >= 15 is 0 Å².